The first-order valence-corrected chi connectivity index (χ1v) is 6.64. The van der Waals surface area contributed by atoms with E-state index in [1.54, 1.807) is 11.8 Å². The maximum absolute atomic E-state index is 12.0. The van der Waals surface area contributed by atoms with E-state index in [0.29, 0.717) is 13.2 Å². The summed E-state index contributed by atoms with van der Waals surface area (Å²) in [6.07, 6.45) is 0.260. The second-order valence-electron chi connectivity index (χ2n) is 4.79. The van der Waals surface area contributed by atoms with E-state index in [-0.39, 0.29) is 30.3 Å². The van der Waals surface area contributed by atoms with Gasteiger partial charge in [-0.05, 0) is 19.4 Å². The molecule has 1 amide bonds. The highest BCUT2D eigenvalue weighted by atomic mass is 16.5. The van der Waals surface area contributed by atoms with Crippen molar-refractivity contribution in [1.82, 2.24) is 4.90 Å². The first-order valence-electron chi connectivity index (χ1n) is 6.64. The molecule has 0 N–H and O–H groups in total. The quantitative estimate of drug-likeness (QED) is 0.780. The summed E-state index contributed by atoms with van der Waals surface area (Å²) in [4.78, 5) is 25.5. The lowest BCUT2D eigenvalue weighted by atomic mass is 10.1. The number of carbonyl (C=O) groups excluding carboxylic acids is 2. The Morgan fingerprint density at radius 1 is 1.42 bits per heavy atom. The van der Waals surface area contributed by atoms with E-state index < -0.39 is 0 Å². The zero-order valence-electron chi connectivity index (χ0n) is 11.3. The van der Waals surface area contributed by atoms with Crippen molar-refractivity contribution in [2.75, 3.05) is 13.2 Å². The third-order valence-corrected chi connectivity index (χ3v) is 3.53. The molecule has 2 atom stereocenters. The molecule has 0 radical (unpaired) electrons. The van der Waals surface area contributed by atoms with Gasteiger partial charge in [0, 0.05) is 13.0 Å². The number of amides is 1. The fraction of sp³-hybridized carbons (Fsp3) is 0.467. The number of esters is 1. The van der Waals surface area contributed by atoms with Crippen molar-refractivity contribution in [3.63, 3.8) is 0 Å². The number of hydrogen-bond acceptors (Lipinski definition) is 3. The number of carbonyl (C=O) groups is 2. The van der Waals surface area contributed by atoms with E-state index in [9.17, 15) is 9.59 Å². The largest absolute Gasteiger partial charge is 0.466 e. The van der Waals surface area contributed by atoms with E-state index >= 15 is 0 Å². The minimum atomic E-state index is -0.321. The van der Waals surface area contributed by atoms with Crippen LogP contribution in [0.25, 0.3) is 0 Å². The highest BCUT2D eigenvalue weighted by Crippen LogP contribution is 2.28. The molecule has 19 heavy (non-hydrogen) atoms. The molecule has 1 fully saturated rings. The third kappa shape index (κ3) is 2.95. The number of nitrogens with zero attached hydrogens (tertiary/aromatic N) is 1. The van der Waals surface area contributed by atoms with E-state index in [4.69, 9.17) is 4.74 Å². The summed E-state index contributed by atoms with van der Waals surface area (Å²) in [7, 11) is 0. The molecular weight excluding hydrogens is 242 g/mol. The van der Waals surface area contributed by atoms with Crippen molar-refractivity contribution < 1.29 is 14.3 Å². The van der Waals surface area contributed by atoms with Crippen LogP contribution in [0.3, 0.4) is 0 Å². The van der Waals surface area contributed by atoms with Gasteiger partial charge in [0.2, 0.25) is 5.91 Å². The molecule has 1 unspecified atom stereocenters. The van der Waals surface area contributed by atoms with Gasteiger partial charge >= 0.3 is 5.97 Å². The van der Waals surface area contributed by atoms with Gasteiger partial charge in [-0.2, -0.15) is 0 Å². The monoisotopic (exact) mass is 261 g/mol. The third-order valence-electron chi connectivity index (χ3n) is 3.53. The van der Waals surface area contributed by atoms with Crippen molar-refractivity contribution >= 4 is 11.9 Å². The molecule has 0 saturated carbocycles. The Labute approximate surface area is 113 Å². The average Bonchev–Trinajstić information content (AvgIpc) is 2.81. The Morgan fingerprint density at radius 2 is 2.11 bits per heavy atom. The highest BCUT2D eigenvalue weighted by Gasteiger charge is 2.37. The molecule has 1 heterocycles. The highest BCUT2D eigenvalue weighted by molar-refractivity contribution is 5.87. The van der Waals surface area contributed by atoms with Crippen molar-refractivity contribution in [2.45, 2.75) is 26.3 Å². The van der Waals surface area contributed by atoms with Crippen LogP contribution in [0, 0.1) is 5.92 Å². The van der Waals surface area contributed by atoms with Crippen LogP contribution in [0.2, 0.25) is 0 Å². The van der Waals surface area contributed by atoms with Gasteiger partial charge in [-0.1, -0.05) is 30.3 Å². The molecule has 1 saturated heterocycles. The van der Waals surface area contributed by atoms with Crippen LogP contribution in [0.15, 0.2) is 30.3 Å². The number of rotatable bonds is 4. The number of ether oxygens (including phenoxy) is 1. The molecule has 2 rings (SSSR count). The van der Waals surface area contributed by atoms with Gasteiger partial charge in [0.05, 0.1) is 18.6 Å². The Kier molecular flexibility index (Phi) is 4.20. The van der Waals surface area contributed by atoms with E-state index in [1.165, 1.54) is 0 Å². The van der Waals surface area contributed by atoms with Crippen LogP contribution in [0.1, 0.15) is 31.9 Å². The normalized spacial score (nSPS) is 20.4. The summed E-state index contributed by atoms with van der Waals surface area (Å²) in [5, 5.41) is 0. The van der Waals surface area contributed by atoms with Crippen molar-refractivity contribution in [2.24, 2.45) is 5.92 Å². The van der Waals surface area contributed by atoms with Crippen LogP contribution >= 0.6 is 0 Å². The minimum absolute atomic E-state index is 0.00636. The molecule has 0 aliphatic carbocycles. The summed E-state index contributed by atoms with van der Waals surface area (Å²) in [5.41, 5.74) is 1.08. The van der Waals surface area contributed by atoms with Gasteiger partial charge in [-0.25, -0.2) is 0 Å². The van der Waals surface area contributed by atoms with E-state index in [1.807, 2.05) is 37.3 Å². The van der Waals surface area contributed by atoms with Crippen LogP contribution in [0.4, 0.5) is 0 Å². The van der Waals surface area contributed by atoms with Crippen molar-refractivity contribution in [3.05, 3.63) is 35.9 Å². The van der Waals surface area contributed by atoms with Crippen LogP contribution in [-0.4, -0.2) is 29.9 Å². The maximum Gasteiger partial charge on any atom is 0.311 e. The molecule has 4 nitrogen and oxygen atoms in total. The molecule has 0 aromatic heterocycles. The zero-order chi connectivity index (χ0) is 13.8. The zero-order valence-corrected chi connectivity index (χ0v) is 11.3. The second kappa shape index (κ2) is 5.87. The van der Waals surface area contributed by atoms with Crippen LogP contribution in [0.5, 0.6) is 0 Å². The summed E-state index contributed by atoms with van der Waals surface area (Å²) in [6, 6.07) is 9.84. The molecule has 1 aromatic carbocycles. The molecule has 1 aliphatic rings. The molecule has 0 spiro atoms. The lowest BCUT2D eigenvalue weighted by Crippen LogP contribution is -2.29. The Hall–Kier alpha value is -1.84. The molecular formula is C15H19NO3. The summed E-state index contributed by atoms with van der Waals surface area (Å²) in [5.74, 6) is -0.563. The fourth-order valence-corrected chi connectivity index (χ4v) is 2.44. The van der Waals surface area contributed by atoms with Gasteiger partial charge in [0.1, 0.15) is 0 Å². The van der Waals surface area contributed by atoms with Gasteiger partial charge < -0.3 is 9.64 Å². The van der Waals surface area contributed by atoms with Gasteiger partial charge in [-0.15, -0.1) is 0 Å². The minimum Gasteiger partial charge on any atom is -0.466 e. The van der Waals surface area contributed by atoms with Crippen molar-refractivity contribution in [3.8, 4) is 0 Å². The summed E-state index contributed by atoms with van der Waals surface area (Å²) in [6.45, 7) is 4.57. The Balaban J connectivity index is 2.06. The Morgan fingerprint density at radius 3 is 2.74 bits per heavy atom. The fourth-order valence-electron chi connectivity index (χ4n) is 2.44. The number of hydrogen-bond donors (Lipinski definition) is 0. The van der Waals surface area contributed by atoms with Crippen LogP contribution < -0.4 is 0 Å². The standard InChI is InChI=1S/C15H19NO3/c1-3-19-15(18)13-9-14(17)16(10-13)11(2)12-7-5-4-6-8-12/h4-8,11,13H,3,9-10H2,1-2H3/t11-,13?/m0/s1. The van der Waals surface area contributed by atoms with Crippen molar-refractivity contribution in [1.29, 1.82) is 0 Å². The lowest BCUT2D eigenvalue weighted by molar-refractivity contribution is -0.147. The SMILES string of the molecule is CCOC(=O)C1CC(=O)N([C@@H](C)c2ccccc2)C1. The molecule has 0 bridgehead atoms. The maximum atomic E-state index is 12.0. The molecule has 102 valence electrons. The predicted molar refractivity (Wildman–Crippen MR) is 71.3 cm³/mol. The molecule has 1 aliphatic heterocycles. The lowest BCUT2D eigenvalue weighted by Gasteiger charge is -2.25. The molecule has 1 aromatic rings. The topological polar surface area (TPSA) is 46.6 Å². The van der Waals surface area contributed by atoms with Gasteiger partial charge in [0.15, 0.2) is 0 Å². The van der Waals surface area contributed by atoms with E-state index in [0.717, 1.165) is 5.56 Å². The van der Waals surface area contributed by atoms with Gasteiger partial charge in [-0.3, -0.25) is 9.59 Å². The summed E-state index contributed by atoms with van der Waals surface area (Å²) >= 11 is 0. The second-order valence-corrected chi connectivity index (χ2v) is 4.79. The number of benzene rings is 1. The number of likely N-dealkylation sites (tertiary alicyclic amines) is 1. The van der Waals surface area contributed by atoms with Crippen LogP contribution in [-0.2, 0) is 14.3 Å². The smallest absolute Gasteiger partial charge is 0.311 e. The molecule has 4 heteroatoms. The van der Waals surface area contributed by atoms with Gasteiger partial charge in [0.25, 0.3) is 0 Å². The first-order chi connectivity index (χ1) is 9.13. The van der Waals surface area contributed by atoms with E-state index in [2.05, 4.69) is 0 Å². The summed E-state index contributed by atoms with van der Waals surface area (Å²) < 4.78 is 4.99. The first kappa shape index (κ1) is 13.6. The predicted octanol–water partition coefficient (Wildman–Crippen LogP) is 2.16. The Bertz CT molecular complexity index is 458. The average molecular weight is 261 g/mol.